The van der Waals surface area contributed by atoms with Crippen molar-refractivity contribution in [1.29, 1.82) is 0 Å². The molecule has 160 valence electrons. The molecule has 0 spiro atoms. The van der Waals surface area contributed by atoms with Crippen LogP contribution in [0.5, 0.6) is 0 Å². The molecule has 0 radical (unpaired) electrons. The number of aromatic nitrogens is 1. The molecule has 2 aromatic carbocycles. The second-order valence-electron chi connectivity index (χ2n) is 8.04. The molecule has 2 heterocycles. The van der Waals surface area contributed by atoms with Crippen LogP contribution in [0.3, 0.4) is 0 Å². The van der Waals surface area contributed by atoms with Crippen LogP contribution >= 0.6 is 0 Å². The number of nitrogens with one attached hydrogen (secondary N) is 1. The first-order valence-corrected chi connectivity index (χ1v) is 12.4. The third-order valence-electron chi connectivity index (χ3n) is 6.12. The van der Waals surface area contributed by atoms with E-state index in [2.05, 4.69) is 47.1 Å². The van der Waals surface area contributed by atoms with Gasteiger partial charge >= 0.3 is 0 Å². The van der Waals surface area contributed by atoms with Crippen molar-refractivity contribution >= 4 is 43.2 Å². The smallest absolute Gasteiger partial charge is 0.245 e. The number of sulfone groups is 1. The molecule has 0 saturated carbocycles. The highest BCUT2D eigenvalue weighted by Gasteiger charge is 2.35. The minimum atomic E-state index is -3.03. The quantitative estimate of drug-likeness (QED) is 0.652. The van der Waals surface area contributed by atoms with Crippen molar-refractivity contribution in [3.05, 3.63) is 42.5 Å². The lowest BCUT2D eigenvalue weighted by molar-refractivity contribution is -0.133. The Labute approximate surface area is 177 Å². The van der Waals surface area contributed by atoms with Gasteiger partial charge in [-0.3, -0.25) is 4.79 Å². The molecule has 0 bridgehead atoms. The fourth-order valence-corrected chi connectivity index (χ4v) is 6.39. The van der Waals surface area contributed by atoms with E-state index in [1.54, 1.807) is 4.90 Å². The standard InChI is InChI=1S/C23H29N3O3S/c1-4-25(18-12-13-30(28,29)15-18)23(27)16(3)24-17-10-11-22-20(14-17)19-8-6-7-9-21(19)26(22)5-2/h6-11,14,16,18,24H,4-5,12-13,15H2,1-3H3/t16-,18+/m1/s1. The normalized spacial score (nSPS) is 19.2. The molecule has 1 aliphatic heterocycles. The van der Waals surface area contributed by atoms with Crippen LogP contribution < -0.4 is 5.32 Å². The maximum absolute atomic E-state index is 13.1. The van der Waals surface area contributed by atoms with Gasteiger partial charge in [-0.2, -0.15) is 0 Å². The number of nitrogens with zero attached hydrogens (tertiary/aromatic N) is 2. The number of amides is 1. The predicted molar refractivity (Wildman–Crippen MR) is 123 cm³/mol. The largest absolute Gasteiger partial charge is 0.374 e. The average molecular weight is 428 g/mol. The minimum absolute atomic E-state index is 0.0596. The molecule has 1 fully saturated rings. The van der Waals surface area contributed by atoms with E-state index in [0.717, 1.165) is 17.6 Å². The second-order valence-corrected chi connectivity index (χ2v) is 10.3. The van der Waals surface area contributed by atoms with E-state index < -0.39 is 15.9 Å². The molecule has 0 unspecified atom stereocenters. The van der Waals surface area contributed by atoms with Gasteiger partial charge in [0.1, 0.15) is 6.04 Å². The van der Waals surface area contributed by atoms with Crippen LogP contribution in [-0.4, -0.2) is 53.9 Å². The van der Waals surface area contributed by atoms with Crippen LogP contribution in [0.4, 0.5) is 5.69 Å². The van der Waals surface area contributed by atoms with Crippen LogP contribution in [0.2, 0.25) is 0 Å². The zero-order valence-electron chi connectivity index (χ0n) is 17.8. The third-order valence-corrected chi connectivity index (χ3v) is 7.87. The summed E-state index contributed by atoms with van der Waals surface area (Å²) in [7, 11) is -3.03. The van der Waals surface area contributed by atoms with E-state index in [9.17, 15) is 13.2 Å². The number of fused-ring (bicyclic) bond motifs is 3. The Kier molecular flexibility index (Phi) is 5.49. The summed E-state index contributed by atoms with van der Waals surface area (Å²) in [6.07, 6.45) is 0.525. The van der Waals surface area contributed by atoms with Crippen LogP contribution in [0, 0.1) is 0 Å². The van der Waals surface area contributed by atoms with Gasteiger partial charge in [-0.15, -0.1) is 0 Å². The molecule has 7 heteroatoms. The average Bonchev–Trinajstić information content (AvgIpc) is 3.25. The summed E-state index contributed by atoms with van der Waals surface area (Å²) in [6, 6.07) is 13.9. The number of hydrogen-bond donors (Lipinski definition) is 1. The highest BCUT2D eigenvalue weighted by atomic mass is 32.2. The summed E-state index contributed by atoms with van der Waals surface area (Å²) in [6.45, 7) is 7.28. The highest BCUT2D eigenvalue weighted by molar-refractivity contribution is 7.91. The first kappa shape index (κ1) is 20.7. The lowest BCUT2D eigenvalue weighted by atomic mass is 10.1. The molecule has 1 N–H and O–H groups in total. The van der Waals surface area contributed by atoms with Gasteiger partial charge in [0.05, 0.1) is 11.5 Å². The number of aryl methyl sites for hydroxylation is 1. The van der Waals surface area contributed by atoms with Crippen LogP contribution in [0.25, 0.3) is 21.8 Å². The monoisotopic (exact) mass is 427 g/mol. The second kappa shape index (κ2) is 7.95. The van der Waals surface area contributed by atoms with Gasteiger partial charge in [0, 0.05) is 46.6 Å². The van der Waals surface area contributed by atoms with Crippen molar-refractivity contribution in [3.8, 4) is 0 Å². The number of hydrogen-bond acceptors (Lipinski definition) is 4. The van der Waals surface area contributed by atoms with E-state index in [1.165, 1.54) is 16.4 Å². The van der Waals surface area contributed by atoms with Crippen LogP contribution in [0.15, 0.2) is 42.5 Å². The van der Waals surface area contributed by atoms with Crippen molar-refractivity contribution in [1.82, 2.24) is 9.47 Å². The number of rotatable bonds is 6. The first-order chi connectivity index (χ1) is 14.3. The maximum atomic E-state index is 13.1. The fraction of sp³-hybridized carbons (Fsp3) is 0.435. The van der Waals surface area contributed by atoms with Gasteiger partial charge in [0.25, 0.3) is 0 Å². The van der Waals surface area contributed by atoms with E-state index in [1.807, 2.05) is 26.0 Å². The van der Waals surface area contributed by atoms with Crippen molar-refractivity contribution < 1.29 is 13.2 Å². The zero-order chi connectivity index (χ0) is 21.5. The summed E-state index contributed by atoms with van der Waals surface area (Å²) < 4.78 is 26.0. The van der Waals surface area contributed by atoms with Crippen molar-refractivity contribution in [2.45, 2.75) is 45.8 Å². The summed E-state index contributed by atoms with van der Waals surface area (Å²) in [5.74, 6) is 0.180. The number of benzene rings is 2. The SMILES string of the molecule is CCN(C(=O)[C@@H](C)Nc1ccc2c(c1)c1ccccc1n2CC)[C@H]1CCS(=O)(=O)C1. The minimum Gasteiger partial charge on any atom is -0.374 e. The molecule has 4 rings (SSSR count). The molecule has 30 heavy (non-hydrogen) atoms. The topological polar surface area (TPSA) is 71.4 Å². The third kappa shape index (κ3) is 3.67. The summed E-state index contributed by atoms with van der Waals surface area (Å²) in [4.78, 5) is 14.8. The van der Waals surface area contributed by atoms with Crippen LogP contribution in [-0.2, 0) is 21.2 Å². The van der Waals surface area contributed by atoms with Crippen molar-refractivity contribution in [2.75, 3.05) is 23.4 Å². The molecule has 1 saturated heterocycles. The molecule has 2 atom stereocenters. The van der Waals surface area contributed by atoms with Gasteiger partial charge < -0.3 is 14.8 Å². The van der Waals surface area contributed by atoms with Gasteiger partial charge in [0.2, 0.25) is 5.91 Å². The number of anilines is 1. The molecule has 1 amide bonds. The number of carbonyl (C=O) groups excluding carboxylic acids is 1. The Hall–Kier alpha value is -2.54. The lowest BCUT2D eigenvalue weighted by Gasteiger charge is -2.30. The van der Waals surface area contributed by atoms with Gasteiger partial charge in [-0.1, -0.05) is 18.2 Å². The molecule has 1 aromatic heterocycles. The van der Waals surface area contributed by atoms with Crippen molar-refractivity contribution in [2.24, 2.45) is 0 Å². The Bertz CT molecular complexity index is 1200. The Morgan fingerprint density at radius 3 is 2.57 bits per heavy atom. The summed E-state index contributed by atoms with van der Waals surface area (Å²) in [5.41, 5.74) is 3.27. The van der Waals surface area contributed by atoms with Crippen LogP contribution in [0.1, 0.15) is 27.2 Å². The Morgan fingerprint density at radius 1 is 1.17 bits per heavy atom. The van der Waals surface area contributed by atoms with E-state index in [0.29, 0.717) is 13.0 Å². The fourth-order valence-electron chi connectivity index (χ4n) is 4.66. The molecule has 0 aliphatic carbocycles. The van der Waals surface area contributed by atoms with Gasteiger partial charge in [0.15, 0.2) is 9.84 Å². The molecule has 6 nitrogen and oxygen atoms in total. The molecular formula is C23H29N3O3S. The number of likely N-dealkylation sites (N-methyl/N-ethyl adjacent to an activating group) is 1. The molecule has 1 aliphatic rings. The highest BCUT2D eigenvalue weighted by Crippen LogP contribution is 2.31. The molecular weight excluding hydrogens is 398 g/mol. The first-order valence-electron chi connectivity index (χ1n) is 10.6. The Morgan fingerprint density at radius 2 is 1.90 bits per heavy atom. The van der Waals surface area contributed by atoms with E-state index in [4.69, 9.17) is 0 Å². The van der Waals surface area contributed by atoms with E-state index >= 15 is 0 Å². The van der Waals surface area contributed by atoms with Gasteiger partial charge in [-0.25, -0.2) is 8.42 Å². The summed E-state index contributed by atoms with van der Waals surface area (Å²) >= 11 is 0. The Balaban J connectivity index is 1.59. The number of para-hydroxylation sites is 1. The lowest BCUT2D eigenvalue weighted by Crippen LogP contribution is -2.47. The maximum Gasteiger partial charge on any atom is 0.245 e. The zero-order valence-corrected chi connectivity index (χ0v) is 18.6. The van der Waals surface area contributed by atoms with Gasteiger partial charge in [-0.05, 0) is 51.5 Å². The number of carbonyl (C=O) groups is 1. The predicted octanol–water partition coefficient (Wildman–Crippen LogP) is 3.65. The summed E-state index contributed by atoms with van der Waals surface area (Å²) in [5, 5.41) is 5.69. The van der Waals surface area contributed by atoms with Crippen molar-refractivity contribution in [3.63, 3.8) is 0 Å². The van der Waals surface area contributed by atoms with E-state index in [-0.39, 0.29) is 23.5 Å². The molecule has 3 aromatic rings.